The molecule has 0 fully saturated rings. The summed E-state index contributed by atoms with van der Waals surface area (Å²) in [4.78, 5) is 12.3. The van der Waals surface area contributed by atoms with Crippen LogP contribution in [-0.2, 0) is 0 Å². The molecule has 3 rings (SSSR count). The molecule has 0 amide bonds. The molecule has 0 radical (unpaired) electrons. The van der Waals surface area contributed by atoms with E-state index in [1.165, 1.54) is 44.9 Å². The van der Waals surface area contributed by atoms with Gasteiger partial charge in [0.05, 0.1) is 19.3 Å². The molecule has 0 aliphatic rings. The lowest BCUT2D eigenvalue weighted by Gasteiger charge is -2.09. The second-order valence-electron chi connectivity index (χ2n) is 8.49. The average molecular weight is 477 g/mol. The number of ether oxygens (including phenoxy) is 4. The summed E-state index contributed by atoms with van der Waals surface area (Å²) in [7, 11) is 1.58. The van der Waals surface area contributed by atoms with Crippen molar-refractivity contribution in [3.8, 4) is 28.7 Å². The van der Waals surface area contributed by atoms with E-state index >= 15 is 0 Å². The van der Waals surface area contributed by atoms with Crippen LogP contribution in [0.4, 0.5) is 0 Å². The fraction of sp³-hybridized carbons (Fsp3) is 0.367. The highest BCUT2D eigenvalue weighted by atomic mass is 16.5. The van der Waals surface area contributed by atoms with Crippen molar-refractivity contribution in [2.24, 2.45) is 0 Å². The van der Waals surface area contributed by atoms with Crippen LogP contribution in [0.3, 0.4) is 0 Å². The second-order valence-corrected chi connectivity index (χ2v) is 8.49. The number of methoxy groups -OCH3 is 1. The van der Waals surface area contributed by atoms with Crippen LogP contribution in [0.25, 0.3) is 0 Å². The molecule has 5 nitrogen and oxygen atoms in total. The van der Waals surface area contributed by atoms with Gasteiger partial charge in [-0.05, 0) is 79.2 Å². The molecular weight excluding hydrogens is 440 g/mol. The van der Waals surface area contributed by atoms with Gasteiger partial charge in [0, 0.05) is 0 Å². The maximum absolute atomic E-state index is 12.3. The van der Waals surface area contributed by atoms with Gasteiger partial charge in [-0.2, -0.15) is 0 Å². The fourth-order valence-corrected chi connectivity index (χ4v) is 3.63. The van der Waals surface area contributed by atoms with Crippen molar-refractivity contribution in [3.05, 3.63) is 78.4 Å². The lowest BCUT2D eigenvalue weighted by molar-refractivity contribution is 0.0734. The summed E-state index contributed by atoms with van der Waals surface area (Å²) in [5, 5.41) is 0. The number of carbonyl (C=O) groups excluding carboxylic acids is 1. The highest BCUT2D eigenvalue weighted by molar-refractivity contribution is 5.91. The second kappa shape index (κ2) is 14.7. The summed E-state index contributed by atoms with van der Waals surface area (Å²) in [5.41, 5.74) is 0.454. The van der Waals surface area contributed by atoms with Crippen molar-refractivity contribution >= 4 is 5.97 Å². The number of carbonyl (C=O) groups is 1. The Morgan fingerprint density at radius 3 is 1.66 bits per heavy atom. The van der Waals surface area contributed by atoms with Crippen molar-refractivity contribution in [1.82, 2.24) is 0 Å². The van der Waals surface area contributed by atoms with Crippen molar-refractivity contribution in [1.29, 1.82) is 0 Å². The van der Waals surface area contributed by atoms with Crippen molar-refractivity contribution in [2.75, 3.05) is 13.7 Å². The molecule has 0 heterocycles. The Labute approximate surface area is 209 Å². The molecule has 3 aromatic carbocycles. The van der Waals surface area contributed by atoms with E-state index < -0.39 is 5.97 Å². The molecule has 186 valence electrons. The van der Waals surface area contributed by atoms with Crippen LogP contribution >= 0.6 is 0 Å². The minimum Gasteiger partial charge on any atom is -0.497 e. The molecule has 0 saturated heterocycles. The quantitative estimate of drug-likeness (QED) is 0.126. The fourth-order valence-electron chi connectivity index (χ4n) is 3.63. The first-order valence-corrected chi connectivity index (χ1v) is 12.5. The van der Waals surface area contributed by atoms with E-state index in [4.69, 9.17) is 18.9 Å². The van der Waals surface area contributed by atoms with Crippen LogP contribution in [-0.4, -0.2) is 19.7 Å². The molecule has 0 atom stereocenters. The van der Waals surface area contributed by atoms with Crippen molar-refractivity contribution < 1.29 is 23.7 Å². The third-order valence-electron chi connectivity index (χ3n) is 5.69. The first-order valence-electron chi connectivity index (χ1n) is 12.5. The maximum Gasteiger partial charge on any atom is 0.343 e. The normalized spacial score (nSPS) is 10.6. The molecule has 0 saturated carbocycles. The van der Waals surface area contributed by atoms with Crippen LogP contribution in [0, 0.1) is 0 Å². The van der Waals surface area contributed by atoms with Gasteiger partial charge in [-0.15, -0.1) is 0 Å². The zero-order chi connectivity index (χ0) is 24.7. The van der Waals surface area contributed by atoms with E-state index in [9.17, 15) is 4.79 Å². The van der Waals surface area contributed by atoms with Crippen LogP contribution in [0.2, 0.25) is 0 Å². The van der Waals surface area contributed by atoms with Gasteiger partial charge in [0.15, 0.2) is 0 Å². The number of rotatable bonds is 15. The summed E-state index contributed by atoms with van der Waals surface area (Å²) >= 11 is 0. The Hall–Kier alpha value is -3.47. The molecule has 0 aliphatic heterocycles. The van der Waals surface area contributed by atoms with Crippen molar-refractivity contribution in [3.63, 3.8) is 0 Å². The highest BCUT2D eigenvalue weighted by Crippen LogP contribution is 2.26. The minimum absolute atomic E-state index is 0.427. The number of unbranched alkanes of at least 4 members (excludes halogenated alkanes) is 7. The first kappa shape index (κ1) is 26.1. The smallest absolute Gasteiger partial charge is 0.343 e. The first-order chi connectivity index (χ1) is 17.2. The van der Waals surface area contributed by atoms with Gasteiger partial charge in [-0.25, -0.2) is 4.79 Å². The van der Waals surface area contributed by atoms with Gasteiger partial charge in [0.25, 0.3) is 0 Å². The number of hydrogen-bond donors (Lipinski definition) is 0. The van der Waals surface area contributed by atoms with E-state index in [0.717, 1.165) is 18.8 Å². The third kappa shape index (κ3) is 9.36. The van der Waals surface area contributed by atoms with Crippen molar-refractivity contribution in [2.45, 2.75) is 58.3 Å². The molecule has 0 aliphatic carbocycles. The SMILES string of the molecule is CCCCCCCCCCOc1ccc(Oc2ccc(OC(=O)c3ccc(OC)cc3)cc2)cc1. The Morgan fingerprint density at radius 1 is 0.600 bits per heavy atom. The summed E-state index contributed by atoms with van der Waals surface area (Å²) in [5.74, 6) is 2.92. The van der Waals surface area contributed by atoms with E-state index in [0.29, 0.717) is 28.6 Å². The van der Waals surface area contributed by atoms with Gasteiger partial charge in [-0.1, -0.05) is 51.9 Å². The summed E-state index contributed by atoms with van der Waals surface area (Å²) in [6.07, 6.45) is 10.3. The summed E-state index contributed by atoms with van der Waals surface area (Å²) in [6.45, 7) is 2.99. The third-order valence-corrected chi connectivity index (χ3v) is 5.69. The zero-order valence-corrected chi connectivity index (χ0v) is 20.8. The van der Waals surface area contributed by atoms with Gasteiger partial charge < -0.3 is 18.9 Å². The summed E-state index contributed by atoms with van der Waals surface area (Å²) < 4.78 is 22.3. The molecule has 0 spiro atoms. The molecular formula is C30H36O5. The van der Waals surface area contributed by atoms with Gasteiger partial charge in [0.2, 0.25) is 0 Å². The van der Waals surface area contributed by atoms with E-state index in [-0.39, 0.29) is 0 Å². The molecule has 5 heteroatoms. The molecule has 0 N–H and O–H groups in total. The molecule has 3 aromatic rings. The maximum atomic E-state index is 12.3. The van der Waals surface area contributed by atoms with Gasteiger partial charge >= 0.3 is 5.97 Å². The van der Waals surface area contributed by atoms with Gasteiger partial charge in [0.1, 0.15) is 28.7 Å². The van der Waals surface area contributed by atoms with Crippen LogP contribution in [0.5, 0.6) is 28.7 Å². The van der Waals surface area contributed by atoms with Gasteiger partial charge in [-0.3, -0.25) is 0 Å². The summed E-state index contributed by atoms with van der Waals surface area (Å²) in [6, 6.07) is 21.4. The largest absolute Gasteiger partial charge is 0.497 e. The number of benzene rings is 3. The van der Waals surface area contributed by atoms with E-state index in [2.05, 4.69) is 6.92 Å². The lowest BCUT2D eigenvalue weighted by atomic mass is 10.1. The predicted molar refractivity (Wildman–Crippen MR) is 139 cm³/mol. The Morgan fingerprint density at radius 2 is 1.09 bits per heavy atom. The molecule has 0 bridgehead atoms. The number of esters is 1. The Balaban J connectivity index is 1.37. The monoisotopic (exact) mass is 476 g/mol. The van der Waals surface area contributed by atoms with E-state index in [1.54, 1.807) is 55.6 Å². The number of hydrogen-bond acceptors (Lipinski definition) is 5. The van der Waals surface area contributed by atoms with Crippen LogP contribution < -0.4 is 18.9 Å². The minimum atomic E-state index is -0.427. The molecule has 35 heavy (non-hydrogen) atoms. The highest BCUT2D eigenvalue weighted by Gasteiger charge is 2.09. The standard InChI is InChI=1S/C30H36O5/c1-3-4-5-6-7-8-9-10-23-33-26-15-17-27(18-16-26)34-28-19-21-29(22-20-28)35-30(31)24-11-13-25(32-2)14-12-24/h11-22H,3-10,23H2,1-2H3. The van der Waals surface area contributed by atoms with Crippen LogP contribution in [0.15, 0.2) is 72.8 Å². The topological polar surface area (TPSA) is 54.0 Å². The van der Waals surface area contributed by atoms with E-state index in [1.807, 2.05) is 24.3 Å². The van der Waals surface area contributed by atoms with Crippen LogP contribution in [0.1, 0.15) is 68.6 Å². The predicted octanol–water partition coefficient (Wildman–Crippen LogP) is 8.23. The Bertz CT molecular complexity index is 994. The molecule has 0 aromatic heterocycles. The zero-order valence-electron chi connectivity index (χ0n) is 20.8. The Kier molecular flexibility index (Phi) is 11.0. The molecule has 0 unspecified atom stereocenters. The lowest BCUT2D eigenvalue weighted by Crippen LogP contribution is -2.08. The average Bonchev–Trinajstić information content (AvgIpc) is 2.90.